The summed E-state index contributed by atoms with van der Waals surface area (Å²) in [6.07, 6.45) is 92.2. The van der Waals surface area contributed by atoms with Crippen molar-refractivity contribution in [3.05, 3.63) is 122 Å². The van der Waals surface area contributed by atoms with Gasteiger partial charge in [0.1, 0.15) is 13.2 Å². The smallest absolute Gasteiger partial charge is 0.306 e. The molecule has 0 fully saturated rings. The van der Waals surface area contributed by atoms with Crippen LogP contribution in [0.4, 0.5) is 0 Å². The van der Waals surface area contributed by atoms with Gasteiger partial charge in [0.25, 0.3) is 0 Å². The predicted molar refractivity (Wildman–Crippen MR) is 343 cm³/mol. The maximum Gasteiger partial charge on any atom is 0.306 e. The molecule has 0 heterocycles. The fourth-order valence-corrected chi connectivity index (χ4v) is 8.99. The first-order valence-electron chi connectivity index (χ1n) is 33.0. The maximum atomic E-state index is 12.9. The second-order valence-electron chi connectivity index (χ2n) is 21.6. The van der Waals surface area contributed by atoms with Crippen molar-refractivity contribution < 1.29 is 28.6 Å². The lowest BCUT2D eigenvalue weighted by molar-refractivity contribution is -0.167. The molecule has 0 amide bonds. The first-order chi connectivity index (χ1) is 39.0. The molecule has 1 unspecified atom stereocenters. The van der Waals surface area contributed by atoms with Gasteiger partial charge in [0.05, 0.1) is 0 Å². The lowest BCUT2D eigenvalue weighted by Gasteiger charge is -2.18. The van der Waals surface area contributed by atoms with Crippen molar-refractivity contribution in [2.45, 2.75) is 309 Å². The summed E-state index contributed by atoms with van der Waals surface area (Å²) in [7, 11) is 0. The Hall–Kier alpha value is -4.19. The van der Waals surface area contributed by atoms with Crippen molar-refractivity contribution in [1.29, 1.82) is 0 Å². The average molecular weight is 1100 g/mol. The maximum absolute atomic E-state index is 12.9. The van der Waals surface area contributed by atoms with Crippen molar-refractivity contribution in [2.75, 3.05) is 13.2 Å². The number of ether oxygens (including phenoxy) is 3. The molecular weight excluding hydrogens is 973 g/mol. The molecule has 6 heteroatoms. The zero-order valence-electron chi connectivity index (χ0n) is 51.6. The van der Waals surface area contributed by atoms with E-state index < -0.39 is 6.10 Å². The van der Waals surface area contributed by atoms with E-state index in [9.17, 15) is 14.4 Å². The molecule has 450 valence electrons. The Morgan fingerprint density at radius 1 is 0.266 bits per heavy atom. The van der Waals surface area contributed by atoms with Gasteiger partial charge in [-0.25, -0.2) is 0 Å². The molecule has 0 N–H and O–H groups in total. The van der Waals surface area contributed by atoms with Gasteiger partial charge in [-0.3, -0.25) is 14.4 Å². The van der Waals surface area contributed by atoms with E-state index >= 15 is 0 Å². The number of carbonyl (C=O) groups is 3. The molecule has 0 aromatic heterocycles. The molecule has 0 aromatic carbocycles. The Morgan fingerprint density at radius 3 is 0.835 bits per heavy atom. The second-order valence-corrected chi connectivity index (χ2v) is 21.6. The third-order valence-electron chi connectivity index (χ3n) is 13.9. The highest BCUT2D eigenvalue weighted by molar-refractivity contribution is 5.71. The van der Waals surface area contributed by atoms with Crippen molar-refractivity contribution in [1.82, 2.24) is 0 Å². The van der Waals surface area contributed by atoms with Crippen molar-refractivity contribution in [2.24, 2.45) is 0 Å². The topological polar surface area (TPSA) is 78.9 Å². The Bertz CT molecular complexity index is 1640. The molecule has 6 nitrogen and oxygen atoms in total. The van der Waals surface area contributed by atoms with Gasteiger partial charge in [0.15, 0.2) is 6.10 Å². The summed E-state index contributed by atoms with van der Waals surface area (Å²) in [6, 6.07) is 0. The fourth-order valence-electron chi connectivity index (χ4n) is 8.99. The normalized spacial score (nSPS) is 12.9. The Labute approximate surface area is 488 Å². The quantitative estimate of drug-likeness (QED) is 0.0261. The van der Waals surface area contributed by atoms with Gasteiger partial charge >= 0.3 is 17.9 Å². The molecule has 0 rings (SSSR count). The highest BCUT2D eigenvalue weighted by atomic mass is 16.6. The standard InChI is InChI=1S/C73H122O6/c1-4-7-10-13-16-19-22-25-27-29-31-33-35-36-38-39-41-43-45-48-51-54-57-60-63-66-72(75)78-69-70(68-77-71(74)65-62-59-56-53-50-47-24-21-18-15-12-9-6-3)79-73(76)67-64-61-58-55-52-49-46-44-42-40-37-34-32-30-28-26-23-20-17-14-11-8-5-2/h8,11,17,20-22,24-26,28-29,31-32,34,40,42,46,49,55,58,70H,4-7,9-10,12-16,18-19,23,27,30,33,35-39,41,43-45,47-48,50-54,56-57,59-69H2,1-3H3/b11-8-,20-17-,24-21-,25-22-,28-26-,31-29-,34-32-,42-40-,49-46-,58-55-. The van der Waals surface area contributed by atoms with Gasteiger partial charge in [-0.15, -0.1) is 0 Å². The molecule has 0 radical (unpaired) electrons. The minimum atomic E-state index is -0.816. The van der Waals surface area contributed by atoms with Crippen LogP contribution in [0, 0.1) is 0 Å². The molecule has 0 spiro atoms. The van der Waals surface area contributed by atoms with E-state index in [4.69, 9.17) is 14.2 Å². The monoisotopic (exact) mass is 1090 g/mol. The summed E-state index contributed by atoms with van der Waals surface area (Å²) >= 11 is 0. The number of rotatable bonds is 59. The summed E-state index contributed by atoms with van der Waals surface area (Å²) in [6.45, 7) is 6.46. The van der Waals surface area contributed by atoms with Gasteiger partial charge in [-0.2, -0.15) is 0 Å². The number of unbranched alkanes of at least 4 members (excludes halogenated alkanes) is 28. The number of hydrogen-bond donors (Lipinski definition) is 0. The molecule has 1 atom stereocenters. The third kappa shape index (κ3) is 64.5. The molecule has 0 aliphatic carbocycles. The van der Waals surface area contributed by atoms with E-state index in [1.54, 1.807) is 0 Å². The van der Waals surface area contributed by atoms with E-state index in [-0.39, 0.29) is 37.5 Å². The van der Waals surface area contributed by atoms with Gasteiger partial charge in [0, 0.05) is 19.3 Å². The van der Waals surface area contributed by atoms with E-state index in [0.717, 1.165) is 109 Å². The highest BCUT2D eigenvalue weighted by Crippen LogP contribution is 2.16. The lowest BCUT2D eigenvalue weighted by Crippen LogP contribution is -2.30. The van der Waals surface area contributed by atoms with Gasteiger partial charge in [0.2, 0.25) is 0 Å². The number of allylic oxidation sites excluding steroid dienone is 20. The van der Waals surface area contributed by atoms with Crippen molar-refractivity contribution >= 4 is 17.9 Å². The summed E-state index contributed by atoms with van der Waals surface area (Å²) in [4.78, 5) is 38.3. The van der Waals surface area contributed by atoms with Crippen LogP contribution >= 0.6 is 0 Å². The molecule has 0 aliphatic rings. The first-order valence-corrected chi connectivity index (χ1v) is 33.0. The van der Waals surface area contributed by atoms with Crippen LogP contribution in [-0.4, -0.2) is 37.2 Å². The molecule has 0 bridgehead atoms. The Balaban J connectivity index is 4.42. The molecular formula is C73H122O6. The van der Waals surface area contributed by atoms with Crippen molar-refractivity contribution in [3.63, 3.8) is 0 Å². The van der Waals surface area contributed by atoms with E-state index in [0.29, 0.717) is 19.3 Å². The van der Waals surface area contributed by atoms with Crippen LogP contribution in [-0.2, 0) is 28.6 Å². The van der Waals surface area contributed by atoms with Crippen LogP contribution in [0.2, 0.25) is 0 Å². The van der Waals surface area contributed by atoms with E-state index in [1.165, 1.54) is 148 Å². The minimum Gasteiger partial charge on any atom is -0.462 e. The zero-order chi connectivity index (χ0) is 57.1. The molecule has 0 saturated heterocycles. The van der Waals surface area contributed by atoms with Gasteiger partial charge in [-0.05, 0) is 128 Å². The number of esters is 3. The summed E-state index contributed by atoms with van der Waals surface area (Å²) in [5, 5.41) is 0. The average Bonchev–Trinajstić information content (AvgIpc) is 3.45. The molecule has 0 saturated carbocycles. The third-order valence-corrected chi connectivity index (χ3v) is 13.9. The summed E-state index contributed by atoms with van der Waals surface area (Å²) in [5.41, 5.74) is 0. The van der Waals surface area contributed by atoms with E-state index in [2.05, 4.69) is 142 Å². The predicted octanol–water partition coefficient (Wildman–Crippen LogP) is 22.8. The molecule has 0 aromatic rings. The second kappa shape index (κ2) is 66.3. The van der Waals surface area contributed by atoms with Crippen LogP contribution in [0.1, 0.15) is 303 Å². The van der Waals surface area contributed by atoms with Gasteiger partial charge in [-0.1, -0.05) is 277 Å². The SMILES string of the molecule is CC/C=C\C/C=C\C/C=C\C/C=C\C/C=C\C/C=C\C/C=C\CCCC(=O)OC(COC(=O)CCCCCCC/C=C\CCCCCC)COC(=O)CCCCCCCCCCCCCCC/C=C\C/C=C\CCCCCCC. The summed E-state index contributed by atoms with van der Waals surface area (Å²) in [5.74, 6) is -0.970. The van der Waals surface area contributed by atoms with E-state index in [1.807, 2.05) is 0 Å². The Kier molecular flexibility index (Phi) is 62.8. The van der Waals surface area contributed by atoms with Gasteiger partial charge < -0.3 is 14.2 Å². The van der Waals surface area contributed by atoms with Crippen LogP contribution in [0.3, 0.4) is 0 Å². The lowest BCUT2D eigenvalue weighted by atomic mass is 10.0. The highest BCUT2D eigenvalue weighted by Gasteiger charge is 2.19. The van der Waals surface area contributed by atoms with Crippen LogP contribution in [0.5, 0.6) is 0 Å². The van der Waals surface area contributed by atoms with Crippen LogP contribution in [0.25, 0.3) is 0 Å². The number of hydrogen-bond acceptors (Lipinski definition) is 6. The molecule has 0 aliphatic heterocycles. The zero-order valence-corrected chi connectivity index (χ0v) is 51.6. The summed E-state index contributed by atoms with van der Waals surface area (Å²) < 4.78 is 16.9. The minimum absolute atomic E-state index is 0.105. The van der Waals surface area contributed by atoms with Crippen LogP contribution < -0.4 is 0 Å². The van der Waals surface area contributed by atoms with Crippen molar-refractivity contribution in [3.8, 4) is 0 Å². The fraction of sp³-hybridized carbons (Fsp3) is 0.685. The largest absolute Gasteiger partial charge is 0.462 e. The van der Waals surface area contributed by atoms with Crippen LogP contribution in [0.15, 0.2) is 122 Å². The number of carbonyl (C=O) groups excluding carboxylic acids is 3. The molecule has 79 heavy (non-hydrogen) atoms. The first kappa shape index (κ1) is 74.8. The Morgan fingerprint density at radius 2 is 0.506 bits per heavy atom.